The molecule has 1 aromatic rings. The molecular formula is C12H14ClF3N2O2. The van der Waals surface area contributed by atoms with Gasteiger partial charge in [0.05, 0.1) is 25.4 Å². The third-order valence-corrected chi connectivity index (χ3v) is 2.62. The fourth-order valence-corrected chi connectivity index (χ4v) is 1.71. The number of alkyl halides is 2. The average Bonchev–Trinajstić information content (AvgIpc) is 2.32. The molecule has 0 radical (unpaired) electrons. The summed E-state index contributed by atoms with van der Waals surface area (Å²) >= 11 is 5.56. The Bertz CT molecular complexity index is 460. The van der Waals surface area contributed by atoms with E-state index in [1.54, 1.807) is 0 Å². The van der Waals surface area contributed by atoms with Crippen molar-refractivity contribution in [2.45, 2.75) is 6.43 Å². The number of rotatable bonds is 7. The summed E-state index contributed by atoms with van der Waals surface area (Å²) in [6, 6.07) is 3.70. The van der Waals surface area contributed by atoms with E-state index in [1.807, 2.05) is 0 Å². The number of carbonyl (C=O) groups excluding carboxylic acids is 1. The minimum absolute atomic E-state index is 0.0686. The fourth-order valence-electron chi connectivity index (χ4n) is 1.56. The molecule has 0 atom stereocenters. The highest BCUT2D eigenvalue weighted by molar-refractivity contribution is 6.30. The van der Waals surface area contributed by atoms with Crippen molar-refractivity contribution in [3.05, 3.63) is 29.0 Å². The molecule has 4 nitrogen and oxygen atoms in total. The van der Waals surface area contributed by atoms with Crippen LogP contribution in [0.15, 0.2) is 18.2 Å². The quantitative estimate of drug-likeness (QED) is 0.809. The summed E-state index contributed by atoms with van der Waals surface area (Å²) < 4.78 is 38.0. The highest BCUT2D eigenvalue weighted by Gasteiger charge is 2.16. The zero-order valence-electron chi connectivity index (χ0n) is 10.5. The number of benzene rings is 1. The Hall–Kier alpha value is -1.31. The molecule has 112 valence electrons. The summed E-state index contributed by atoms with van der Waals surface area (Å²) in [4.78, 5) is 12.7. The lowest BCUT2D eigenvalue weighted by Gasteiger charge is -2.20. The molecule has 1 aromatic carbocycles. The third-order valence-electron chi connectivity index (χ3n) is 2.38. The Morgan fingerprint density at radius 3 is 2.70 bits per heavy atom. The van der Waals surface area contributed by atoms with E-state index >= 15 is 0 Å². The summed E-state index contributed by atoms with van der Waals surface area (Å²) in [6.07, 6.45) is -2.62. The number of amides is 1. The second-order valence-corrected chi connectivity index (χ2v) is 4.46. The normalized spacial score (nSPS) is 11.2. The summed E-state index contributed by atoms with van der Waals surface area (Å²) in [5.41, 5.74) is -0.0830. The monoisotopic (exact) mass is 310 g/mol. The smallest absolute Gasteiger partial charge is 0.251 e. The minimum Gasteiger partial charge on any atom is -0.395 e. The fraction of sp³-hybridized carbons (Fsp3) is 0.417. The Morgan fingerprint density at radius 2 is 2.15 bits per heavy atom. The zero-order valence-corrected chi connectivity index (χ0v) is 11.2. The molecule has 20 heavy (non-hydrogen) atoms. The van der Waals surface area contributed by atoms with Gasteiger partial charge in [0.1, 0.15) is 5.82 Å². The van der Waals surface area contributed by atoms with Gasteiger partial charge in [0.15, 0.2) is 0 Å². The van der Waals surface area contributed by atoms with E-state index in [0.29, 0.717) is 0 Å². The van der Waals surface area contributed by atoms with Gasteiger partial charge >= 0.3 is 0 Å². The molecule has 0 saturated carbocycles. The molecule has 0 unspecified atom stereocenters. The number of hydrogen-bond acceptors (Lipinski definition) is 3. The second kappa shape index (κ2) is 8.08. The number of aliphatic hydroxyl groups is 1. The van der Waals surface area contributed by atoms with E-state index in [4.69, 9.17) is 16.7 Å². The van der Waals surface area contributed by atoms with Crippen LogP contribution in [-0.2, 0) is 4.79 Å². The van der Waals surface area contributed by atoms with E-state index in [-0.39, 0.29) is 30.4 Å². The number of hydrogen-bond donors (Lipinski definition) is 2. The van der Waals surface area contributed by atoms with Crippen LogP contribution in [0.3, 0.4) is 0 Å². The van der Waals surface area contributed by atoms with Crippen LogP contribution in [0.2, 0.25) is 5.02 Å². The molecule has 0 fully saturated rings. The molecule has 0 aromatic heterocycles. The SMILES string of the molecule is O=C(CN(CCO)CC(F)F)Nc1ccc(Cl)cc1F. The highest BCUT2D eigenvalue weighted by atomic mass is 35.5. The van der Waals surface area contributed by atoms with Crippen LogP contribution in [-0.4, -0.2) is 48.6 Å². The molecular weight excluding hydrogens is 297 g/mol. The summed E-state index contributed by atoms with van der Waals surface area (Å²) in [7, 11) is 0. The van der Waals surface area contributed by atoms with Crippen molar-refractivity contribution >= 4 is 23.2 Å². The number of nitrogens with zero attached hydrogens (tertiary/aromatic N) is 1. The van der Waals surface area contributed by atoms with Gasteiger partial charge < -0.3 is 10.4 Å². The van der Waals surface area contributed by atoms with E-state index in [1.165, 1.54) is 12.1 Å². The Balaban J connectivity index is 2.60. The van der Waals surface area contributed by atoms with Gasteiger partial charge in [-0.1, -0.05) is 11.6 Å². The maximum absolute atomic E-state index is 13.4. The molecule has 2 N–H and O–H groups in total. The average molecular weight is 311 g/mol. The Labute approximate surface area is 119 Å². The molecule has 0 saturated heterocycles. The molecule has 0 aliphatic heterocycles. The van der Waals surface area contributed by atoms with Gasteiger partial charge in [0.25, 0.3) is 6.43 Å². The molecule has 1 rings (SSSR count). The molecule has 0 spiro atoms. The first-order chi connectivity index (χ1) is 9.42. The standard InChI is InChI=1S/C12H14ClF3N2O2/c13-8-1-2-10(9(14)5-8)17-12(20)7-18(3-4-19)6-11(15)16/h1-2,5,11,19H,3-4,6-7H2,(H,17,20). The van der Waals surface area contributed by atoms with E-state index in [9.17, 15) is 18.0 Å². The maximum Gasteiger partial charge on any atom is 0.251 e. The molecule has 8 heteroatoms. The van der Waals surface area contributed by atoms with Crippen LogP contribution in [0, 0.1) is 5.82 Å². The molecule has 0 aliphatic rings. The lowest BCUT2D eigenvalue weighted by atomic mass is 10.3. The van der Waals surface area contributed by atoms with Crippen molar-refractivity contribution in [1.29, 1.82) is 0 Å². The Kier molecular flexibility index (Phi) is 6.77. The van der Waals surface area contributed by atoms with Crippen molar-refractivity contribution in [2.75, 3.05) is 31.6 Å². The van der Waals surface area contributed by atoms with Crippen LogP contribution in [0.25, 0.3) is 0 Å². The number of nitrogens with one attached hydrogen (secondary N) is 1. The van der Waals surface area contributed by atoms with Gasteiger partial charge in [-0.05, 0) is 18.2 Å². The summed E-state index contributed by atoms with van der Waals surface area (Å²) in [6.45, 7) is -1.43. The topological polar surface area (TPSA) is 52.6 Å². The van der Waals surface area contributed by atoms with Crippen LogP contribution in [0.1, 0.15) is 0 Å². The van der Waals surface area contributed by atoms with Crippen LogP contribution in [0.4, 0.5) is 18.9 Å². The number of anilines is 1. The van der Waals surface area contributed by atoms with E-state index in [0.717, 1.165) is 11.0 Å². The van der Waals surface area contributed by atoms with Gasteiger partial charge in [0.2, 0.25) is 5.91 Å². The van der Waals surface area contributed by atoms with Gasteiger partial charge in [-0.2, -0.15) is 0 Å². The van der Waals surface area contributed by atoms with Gasteiger partial charge in [-0.25, -0.2) is 13.2 Å². The van der Waals surface area contributed by atoms with E-state index < -0.39 is 24.7 Å². The largest absolute Gasteiger partial charge is 0.395 e. The lowest BCUT2D eigenvalue weighted by molar-refractivity contribution is -0.117. The van der Waals surface area contributed by atoms with Crippen molar-refractivity contribution in [3.8, 4) is 0 Å². The number of aliphatic hydroxyl groups excluding tert-OH is 1. The third kappa shape index (κ3) is 5.77. The van der Waals surface area contributed by atoms with Gasteiger partial charge in [-0.15, -0.1) is 0 Å². The predicted molar refractivity (Wildman–Crippen MR) is 69.6 cm³/mol. The minimum atomic E-state index is -2.62. The van der Waals surface area contributed by atoms with Crippen LogP contribution in [0.5, 0.6) is 0 Å². The number of halogens is 4. The Morgan fingerprint density at radius 1 is 1.45 bits per heavy atom. The predicted octanol–water partition coefficient (Wildman–Crippen LogP) is 1.98. The molecule has 0 bridgehead atoms. The van der Waals surface area contributed by atoms with Crippen molar-refractivity contribution < 1.29 is 23.1 Å². The first-order valence-corrected chi connectivity index (χ1v) is 6.16. The number of carbonyl (C=O) groups is 1. The van der Waals surface area contributed by atoms with Crippen LogP contribution >= 0.6 is 11.6 Å². The highest BCUT2D eigenvalue weighted by Crippen LogP contribution is 2.18. The summed E-state index contributed by atoms with van der Waals surface area (Å²) in [5.74, 6) is -1.37. The van der Waals surface area contributed by atoms with E-state index in [2.05, 4.69) is 5.32 Å². The maximum atomic E-state index is 13.4. The van der Waals surface area contributed by atoms with Crippen molar-refractivity contribution in [2.24, 2.45) is 0 Å². The van der Waals surface area contributed by atoms with Gasteiger partial charge in [-0.3, -0.25) is 9.69 Å². The molecule has 1 amide bonds. The van der Waals surface area contributed by atoms with Crippen molar-refractivity contribution in [1.82, 2.24) is 4.90 Å². The summed E-state index contributed by atoms with van der Waals surface area (Å²) in [5, 5.41) is 11.2. The van der Waals surface area contributed by atoms with Gasteiger partial charge in [0, 0.05) is 11.6 Å². The molecule has 0 aliphatic carbocycles. The second-order valence-electron chi connectivity index (χ2n) is 4.02. The van der Waals surface area contributed by atoms with Crippen molar-refractivity contribution in [3.63, 3.8) is 0 Å². The first-order valence-electron chi connectivity index (χ1n) is 5.78. The lowest BCUT2D eigenvalue weighted by Crippen LogP contribution is -2.38. The molecule has 0 heterocycles. The first kappa shape index (κ1) is 16.7. The van der Waals surface area contributed by atoms with Crippen LogP contribution < -0.4 is 5.32 Å². The zero-order chi connectivity index (χ0) is 15.1.